The predicted molar refractivity (Wildman–Crippen MR) is 134 cm³/mol. The molecule has 0 atom stereocenters. The minimum absolute atomic E-state index is 0.00760. The van der Waals surface area contributed by atoms with Crippen molar-refractivity contribution in [1.82, 2.24) is 4.90 Å². The number of carboxylic acid groups (broad SMARTS) is 1. The van der Waals surface area contributed by atoms with E-state index in [2.05, 4.69) is 53.4 Å². The van der Waals surface area contributed by atoms with Gasteiger partial charge in [-0.1, -0.05) is 121 Å². The number of rotatable bonds is 10. The van der Waals surface area contributed by atoms with Crippen molar-refractivity contribution in [2.45, 2.75) is 11.8 Å². The Morgan fingerprint density at radius 2 is 0.818 bits per heavy atom. The molecule has 0 amide bonds. The summed E-state index contributed by atoms with van der Waals surface area (Å²) >= 11 is 0. The van der Waals surface area contributed by atoms with Gasteiger partial charge in [0, 0.05) is 24.9 Å². The molecule has 0 saturated heterocycles. The Labute approximate surface area is 196 Å². The first-order chi connectivity index (χ1) is 16.2. The first kappa shape index (κ1) is 22.5. The average Bonchev–Trinajstić information content (AvgIpc) is 2.87. The van der Waals surface area contributed by atoms with Crippen molar-refractivity contribution >= 4 is 5.97 Å². The maximum absolute atomic E-state index is 11.9. The molecular weight excluding hydrogens is 406 g/mol. The minimum Gasteiger partial charge on any atom is -0.480 e. The minimum atomic E-state index is -0.810. The highest BCUT2D eigenvalue weighted by atomic mass is 16.4. The van der Waals surface area contributed by atoms with Gasteiger partial charge in [-0.15, -0.1) is 0 Å². The van der Waals surface area contributed by atoms with Crippen molar-refractivity contribution in [1.29, 1.82) is 0 Å². The number of benzene rings is 4. The Morgan fingerprint density at radius 3 is 1.06 bits per heavy atom. The summed E-state index contributed by atoms with van der Waals surface area (Å²) < 4.78 is 0. The van der Waals surface area contributed by atoms with E-state index in [1.165, 1.54) is 22.3 Å². The highest BCUT2D eigenvalue weighted by Crippen LogP contribution is 2.29. The monoisotopic (exact) mass is 435 g/mol. The highest BCUT2D eigenvalue weighted by Gasteiger charge is 2.24. The van der Waals surface area contributed by atoms with Crippen LogP contribution in [0, 0.1) is 0 Å². The normalized spacial score (nSPS) is 11.2. The van der Waals surface area contributed by atoms with Crippen LogP contribution in [0.1, 0.15) is 34.1 Å². The molecule has 3 heteroatoms. The second kappa shape index (κ2) is 11.3. The Balaban J connectivity index is 1.68. The van der Waals surface area contributed by atoms with E-state index in [0.717, 1.165) is 0 Å². The second-order valence-electron chi connectivity index (χ2n) is 8.34. The van der Waals surface area contributed by atoms with Crippen molar-refractivity contribution in [2.24, 2.45) is 0 Å². The van der Waals surface area contributed by atoms with Gasteiger partial charge in [-0.25, -0.2) is 0 Å². The van der Waals surface area contributed by atoms with E-state index >= 15 is 0 Å². The smallest absolute Gasteiger partial charge is 0.317 e. The SMILES string of the molecule is O=C(O)CN(CC(c1ccccc1)c1ccccc1)CC(c1ccccc1)c1ccccc1. The number of nitrogens with zero attached hydrogens (tertiary/aromatic N) is 1. The maximum atomic E-state index is 11.9. The summed E-state index contributed by atoms with van der Waals surface area (Å²) in [4.78, 5) is 14.0. The van der Waals surface area contributed by atoms with Gasteiger partial charge in [0.1, 0.15) is 0 Å². The molecule has 4 aromatic carbocycles. The van der Waals surface area contributed by atoms with Gasteiger partial charge >= 0.3 is 5.97 Å². The fraction of sp³-hybridized carbons (Fsp3) is 0.167. The quantitative estimate of drug-likeness (QED) is 0.330. The van der Waals surface area contributed by atoms with Crippen molar-refractivity contribution < 1.29 is 9.90 Å². The summed E-state index contributed by atoms with van der Waals surface area (Å²) in [5.41, 5.74) is 4.76. The van der Waals surface area contributed by atoms with E-state index < -0.39 is 5.97 Å². The molecule has 0 bridgehead atoms. The van der Waals surface area contributed by atoms with E-state index in [-0.39, 0.29) is 18.4 Å². The van der Waals surface area contributed by atoms with E-state index in [4.69, 9.17) is 0 Å². The van der Waals surface area contributed by atoms with Gasteiger partial charge in [0.2, 0.25) is 0 Å². The van der Waals surface area contributed by atoms with E-state index in [0.29, 0.717) is 13.1 Å². The summed E-state index contributed by atoms with van der Waals surface area (Å²) in [6.45, 7) is 1.24. The van der Waals surface area contributed by atoms with Gasteiger partial charge in [-0.05, 0) is 22.3 Å². The standard InChI is InChI=1S/C30H29NO2/c32-30(33)23-31(21-28(24-13-5-1-6-14-24)25-15-7-2-8-16-25)22-29(26-17-9-3-10-18-26)27-19-11-4-12-20-27/h1-20,28-29H,21-23H2,(H,32,33). The summed E-state index contributed by atoms with van der Waals surface area (Å²) in [7, 11) is 0. The number of carbonyl (C=O) groups is 1. The van der Waals surface area contributed by atoms with Crippen LogP contribution in [0.2, 0.25) is 0 Å². The van der Waals surface area contributed by atoms with E-state index in [1.54, 1.807) is 0 Å². The molecule has 0 heterocycles. The molecule has 0 radical (unpaired) electrons. The second-order valence-corrected chi connectivity index (χ2v) is 8.34. The number of hydrogen-bond acceptors (Lipinski definition) is 2. The third-order valence-electron chi connectivity index (χ3n) is 6.05. The Bertz CT molecular complexity index is 951. The number of hydrogen-bond donors (Lipinski definition) is 1. The molecule has 3 nitrogen and oxygen atoms in total. The van der Waals surface area contributed by atoms with Gasteiger partial charge in [0.25, 0.3) is 0 Å². The van der Waals surface area contributed by atoms with Gasteiger partial charge in [0.15, 0.2) is 0 Å². The molecule has 0 saturated carbocycles. The maximum Gasteiger partial charge on any atom is 0.317 e. The van der Waals surface area contributed by atoms with Crippen LogP contribution in [-0.4, -0.2) is 35.6 Å². The molecule has 4 aromatic rings. The Kier molecular flexibility index (Phi) is 7.68. The molecule has 0 fully saturated rings. The van der Waals surface area contributed by atoms with Crippen molar-refractivity contribution in [3.63, 3.8) is 0 Å². The van der Waals surface area contributed by atoms with Crippen LogP contribution < -0.4 is 0 Å². The number of carboxylic acids is 1. The average molecular weight is 436 g/mol. The molecule has 33 heavy (non-hydrogen) atoms. The van der Waals surface area contributed by atoms with Gasteiger partial charge < -0.3 is 5.11 Å². The molecule has 0 aliphatic rings. The van der Waals surface area contributed by atoms with Crippen molar-refractivity contribution in [3.05, 3.63) is 144 Å². The molecular formula is C30H29NO2. The zero-order valence-electron chi connectivity index (χ0n) is 18.6. The first-order valence-electron chi connectivity index (χ1n) is 11.3. The molecule has 0 aliphatic carbocycles. The van der Waals surface area contributed by atoms with Crippen LogP contribution in [0.25, 0.3) is 0 Å². The third-order valence-corrected chi connectivity index (χ3v) is 6.05. The Hall–Kier alpha value is -3.69. The van der Waals surface area contributed by atoms with E-state index in [1.807, 2.05) is 72.8 Å². The van der Waals surface area contributed by atoms with Crippen LogP contribution in [0.3, 0.4) is 0 Å². The lowest BCUT2D eigenvalue weighted by Gasteiger charge is -2.31. The van der Waals surface area contributed by atoms with Crippen LogP contribution >= 0.6 is 0 Å². The van der Waals surface area contributed by atoms with Gasteiger partial charge in [-0.2, -0.15) is 0 Å². The molecule has 166 valence electrons. The molecule has 0 spiro atoms. The number of aliphatic carboxylic acids is 1. The molecule has 4 rings (SSSR count). The summed E-state index contributed by atoms with van der Waals surface area (Å²) in [5.74, 6) is -0.646. The molecule has 0 aromatic heterocycles. The molecule has 0 unspecified atom stereocenters. The van der Waals surface area contributed by atoms with Crippen LogP contribution in [-0.2, 0) is 4.79 Å². The van der Waals surface area contributed by atoms with Crippen LogP contribution in [0.15, 0.2) is 121 Å². The van der Waals surface area contributed by atoms with E-state index in [9.17, 15) is 9.90 Å². The lowest BCUT2D eigenvalue weighted by Crippen LogP contribution is -2.37. The summed E-state index contributed by atoms with van der Waals surface area (Å²) in [5, 5.41) is 9.75. The lowest BCUT2D eigenvalue weighted by atomic mass is 9.88. The predicted octanol–water partition coefficient (Wildman–Crippen LogP) is 6.04. The largest absolute Gasteiger partial charge is 0.480 e. The van der Waals surface area contributed by atoms with Crippen LogP contribution in [0.4, 0.5) is 0 Å². The third kappa shape index (κ3) is 6.18. The zero-order valence-corrected chi connectivity index (χ0v) is 18.6. The molecule has 0 aliphatic heterocycles. The van der Waals surface area contributed by atoms with Crippen molar-refractivity contribution in [2.75, 3.05) is 19.6 Å². The first-order valence-corrected chi connectivity index (χ1v) is 11.3. The molecule has 1 N–H and O–H groups in total. The lowest BCUT2D eigenvalue weighted by molar-refractivity contribution is -0.138. The fourth-order valence-electron chi connectivity index (χ4n) is 4.46. The van der Waals surface area contributed by atoms with Gasteiger partial charge in [-0.3, -0.25) is 9.69 Å². The Morgan fingerprint density at radius 1 is 0.545 bits per heavy atom. The van der Waals surface area contributed by atoms with Crippen LogP contribution in [0.5, 0.6) is 0 Å². The fourth-order valence-corrected chi connectivity index (χ4v) is 4.46. The summed E-state index contributed by atoms with van der Waals surface area (Å²) in [6.07, 6.45) is 0. The van der Waals surface area contributed by atoms with Crippen molar-refractivity contribution in [3.8, 4) is 0 Å². The topological polar surface area (TPSA) is 40.5 Å². The zero-order chi connectivity index (χ0) is 22.9. The summed E-state index contributed by atoms with van der Waals surface area (Å²) in [6, 6.07) is 41.4. The van der Waals surface area contributed by atoms with Gasteiger partial charge in [0.05, 0.1) is 6.54 Å². The highest BCUT2D eigenvalue weighted by molar-refractivity contribution is 5.69.